The maximum Gasteiger partial charge on any atom is 0.261 e. The van der Waals surface area contributed by atoms with Gasteiger partial charge in [-0.3, -0.25) is 9.59 Å². The van der Waals surface area contributed by atoms with Crippen LogP contribution in [0.15, 0.2) is 30.3 Å². The van der Waals surface area contributed by atoms with Crippen molar-refractivity contribution < 1.29 is 14.7 Å². The van der Waals surface area contributed by atoms with Gasteiger partial charge >= 0.3 is 0 Å². The number of amides is 1. The van der Waals surface area contributed by atoms with Crippen LogP contribution in [0.2, 0.25) is 5.02 Å². The number of fused-ring (bicyclic) bond motifs is 1. The zero-order valence-electron chi connectivity index (χ0n) is 13.7. The lowest BCUT2D eigenvalue weighted by molar-refractivity contribution is -0.133. The van der Waals surface area contributed by atoms with Crippen molar-refractivity contribution in [3.05, 3.63) is 63.2 Å². The number of halogens is 1. The number of hydrogen-bond acceptors (Lipinski definition) is 3. The highest BCUT2D eigenvalue weighted by Crippen LogP contribution is 2.40. The quantitative estimate of drug-likeness (QED) is 0.835. The van der Waals surface area contributed by atoms with Crippen LogP contribution in [0, 0.1) is 20.8 Å². The number of Topliss-reactive ketones (excluding diaryl/α,β-unsaturated/α-hetero) is 1. The molecule has 1 amide bonds. The minimum Gasteiger partial charge on any atom is -0.375 e. The molecule has 124 valence electrons. The van der Waals surface area contributed by atoms with Gasteiger partial charge in [0.2, 0.25) is 0 Å². The number of carbonyl (C=O) groups excluding carboxylic acids is 2. The Morgan fingerprint density at radius 1 is 1.12 bits per heavy atom. The third-order valence-corrected chi connectivity index (χ3v) is 4.84. The summed E-state index contributed by atoms with van der Waals surface area (Å²) in [5.41, 5.74) is 2.37. The third kappa shape index (κ3) is 2.62. The molecule has 2 aromatic carbocycles. The fourth-order valence-electron chi connectivity index (χ4n) is 3.08. The minimum atomic E-state index is -1.90. The van der Waals surface area contributed by atoms with E-state index in [4.69, 9.17) is 11.6 Å². The van der Waals surface area contributed by atoms with Gasteiger partial charge in [-0.05, 0) is 61.7 Å². The number of aryl methyl sites for hydroxylation is 3. The van der Waals surface area contributed by atoms with Crippen LogP contribution in [-0.4, -0.2) is 16.8 Å². The normalized spacial score (nSPS) is 19.1. The van der Waals surface area contributed by atoms with Crippen LogP contribution in [0.1, 0.15) is 39.0 Å². The van der Waals surface area contributed by atoms with Crippen LogP contribution in [0.5, 0.6) is 0 Å². The van der Waals surface area contributed by atoms with Crippen LogP contribution in [0.3, 0.4) is 0 Å². The number of anilines is 1. The van der Waals surface area contributed by atoms with Gasteiger partial charge in [-0.15, -0.1) is 0 Å². The molecule has 1 aliphatic heterocycles. The van der Waals surface area contributed by atoms with Crippen molar-refractivity contribution in [3.63, 3.8) is 0 Å². The molecule has 0 spiro atoms. The molecule has 0 aliphatic carbocycles. The number of carbonyl (C=O) groups is 2. The Morgan fingerprint density at radius 2 is 1.79 bits per heavy atom. The van der Waals surface area contributed by atoms with E-state index in [0.717, 1.165) is 16.7 Å². The molecule has 5 heteroatoms. The van der Waals surface area contributed by atoms with Crippen LogP contribution in [0.4, 0.5) is 5.69 Å². The molecule has 0 aromatic heterocycles. The summed E-state index contributed by atoms with van der Waals surface area (Å²) >= 11 is 5.98. The standard InChI is InChI=1S/C19H18ClNO3/c1-10-6-12(3)14(7-11(10)2)17(22)9-19(24)15-8-13(20)4-5-16(15)21-18(19)23/h4-8,24H,9H2,1-3H3,(H,21,23)/t19-/m1/s1. The van der Waals surface area contributed by atoms with Gasteiger partial charge < -0.3 is 10.4 Å². The molecule has 0 bridgehead atoms. The molecule has 2 aromatic rings. The van der Waals surface area contributed by atoms with Gasteiger partial charge in [-0.25, -0.2) is 0 Å². The molecule has 2 N–H and O–H groups in total. The molecule has 1 aliphatic rings. The predicted octanol–water partition coefficient (Wildman–Crippen LogP) is 3.68. The molecule has 0 unspecified atom stereocenters. The van der Waals surface area contributed by atoms with Crippen molar-refractivity contribution in [3.8, 4) is 0 Å². The molecule has 1 atom stereocenters. The van der Waals surface area contributed by atoms with E-state index < -0.39 is 11.5 Å². The van der Waals surface area contributed by atoms with Crippen molar-refractivity contribution >= 4 is 29.0 Å². The zero-order valence-corrected chi connectivity index (χ0v) is 14.5. The van der Waals surface area contributed by atoms with Crippen molar-refractivity contribution in [2.45, 2.75) is 32.8 Å². The molecule has 0 fully saturated rings. The van der Waals surface area contributed by atoms with E-state index in [1.807, 2.05) is 32.9 Å². The van der Waals surface area contributed by atoms with Gasteiger partial charge in [0.05, 0.1) is 6.42 Å². The molecular weight excluding hydrogens is 326 g/mol. The van der Waals surface area contributed by atoms with Gasteiger partial charge in [-0.2, -0.15) is 0 Å². The van der Waals surface area contributed by atoms with Crippen molar-refractivity contribution in [2.24, 2.45) is 0 Å². The molecule has 24 heavy (non-hydrogen) atoms. The first-order chi connectivity index (χ1) is 11.2. The minimum absolute atomic E-state index is 0.277. The monoisotopic (exact) mass is 343 g/mol. The van der Waals surface area contributed by atoms with Crippen LogP contribution in [-0.2, 0) is 10.4 Å². The lowest BCUT2D eigenvalue weighted by Gasteiger charge is -2.21. The Balaban J connectivity index is 1.99. The van der Waals surface area contributed by atoms with Gasteiger partial charge in [-0.1, -0.05) is 17.7 Å². The van der Waals surface area contributed by atoms with E-state index >= 15 is 0 Å². The summed E-state index contributed by atoms with van der Waals surface area (Å²) in [4.78, 5) is 25.0. The highest BCUT2D eigenvalue weighted by Gasteiger charge is 2.47. The Hall–Kier alpha value is -2.17. The summed E-state index contributed by atoms with van der Waals surface area (Å²) in [5.74, 6) is -0.879. The summed E-state index contributed by atoms with van der Waals surface area (Å²) in [6.07, 6.45) is -0.324. The van der Waals surface area contributed by atoms with E-state index in [2.05, 4.69) is 5.32 Å². The first kappa shape index (κ1) is 16.7. The lowest BCUT2D eigenvalue weighted by atomic mass is 9.86. The average Bonchev–Trinajstić information content (AvgIpc) is 2.74. The highest BCUT2D eigenvalue weighted by atomic mass is 35.5. The van der Waals surface area contributed by atoms with E-state index in [1.165, 1.54) is 6.07 Å². The molecule has 0 saturated heterocycles. The smallest absolute Gasteiger partial charge is 0.261 e. The number of nitrogens with one attached hydrogen (secondary N) is 1. The topological polar surface area (TPSA) is 66.4 Å². The average molecular weight is 344 g/mol. The van der Waals surface area contributed by atoms with E-state index in [1.54, 1.807) is 12.1 Å². The first-order valence-electron chi connectivity index (χ1n) is 7.67. The van der Waals surface area contributed by atoms with Crippen LogP contribution < -0.4 is 5.32 Å². The lowest BCUT2D eigenvalue weighted by Crippen LogP contribution is -2.36. The maximum atomic E-state index is 12.8. The van der Waals surface area contributed by atoms with E-state index in [-0.39, 0.29) is 12.2 Å². The molecule has 0 radical (unpaired) electrons. The first-order valence-corrected chi connectivity index (χ1v) is 8.05. The second-order valence-electron chi connectivity index (χ2n) is 6.36. The number of rotatable bonds is 3. The zero-order chi connectivity index (χ0) is 17.6. The second-order valence-corrected chi connectivity index (χ2v) is 6.79. The van der Waals surface area contributed by atoms with Gasteiger partial charge in [0.1, 0.15) is 0 Å². The summed E-state index contributed by atoms with van der Waals surface area (Å²) in [7, 11) is 0. The Morgan fingerprint density at radius 3 is 2.50 bits per heavy atom. The third-order valence-electron chi connectivity index (χ3n) is 4.61. The summed E-state index contributed by atoms with van der Waals surface area (Å²) in [6, 6.07) is 8.52. The molecule has 1 heterocycles. The van der Waals surface area contributed by atoms with Crippen LogP contribution >= 0.6 is 11.6 Å². The maximum absolute atomic E-state index is 12.8. The SMILES string of the molecule is Cc1cc(C)c(C(=O)C[C@]2(O)C(=O)Nc3ccc(Cl)cc32)cc1C. The van der Waals surface area contributed by atoms with E-state index in [9.17, 15) is 14.7 Å². The van der Waals surface area contributed by atoms with Crippen molar-refractivity contribution in [1.82, 2.24) is 0 Å². The molecule has 3 rings (SSSR count). The Kier molecular flexibility index (Phi) is 3.98. The fourth-order valence-corrected chi connectivity index (χ4v) is 3.25. The highest BCUT2D eigenvalue weighted by molar-refractivity contribution is 6.31. The van der Waals surface area contributed by atoms with Gasteiger partial charge in [0.15, 0.2) is 11.4 Å². The number of benzene rings is 2. The van der Waals surface area contributed by atoms with Gasteiger partial charge in [0.25, 0.3) is 5.91 Å². The molecule has 0 saturated carbocycles. The second kappa shape index (κ2) is 5.72. The fraction of sp³-hybridized carbons (Fsp3) is 0.263. The Labute approximate surface area is 145 Å². The number of ketones is 1. The summed E-state index contributed by atoms with van der Waals surface area (Å²) < 4.78 is 0. The molecular formula is C19H18ClNO3. The predicted molar refractivity (Wildman–Crippen MR) is 93.6 cm³/mol. The van der Waals surface area contributed by atoms with Crippen molar-refractivity contribution in [2.75, 3.05) is 5.32 Å². The molecule has 4 nitrogen and oxygen atoms in total. The largest absolute Gasteiger partial charge is 0.375 e. The number of hydrogen-bond donors (Lipinski definition) is 2. The summed E-state index contributed by atoms with van der Waals surface area (Å²) in [5, 5.41) is 13.9. The van der Waals surface area contributed by atoms with Gasteiger partial charge in [0, 0.05) is 21.8 Å². The van der Waals surface area contributed by atoms with Crippen molar-refractivity contribution in [1.29, 1.82) is 0 Å². The summed E-state index contributed by atoms with van der Waals surface area (Å²) in [6.45, 7) is 5.76. The number of aliphatic hydroxyl groups is 1. The van der Waals surface area contributed by atoms with E-state index in [0.29, 0.717) is 21.8 Å². The Bertz CT molecular complexity index is 875. The van der Waals surface area contributed by atoms with Crippen LogP contribution in [0.25, 0.3) is 0 Å².